The Morgan fingerprint density at radius 2 is 1.94 bits per heavy atom. The molecular formula is C15H20N2S. The minimum atomic E-state index is 0.211. The molecule has 1 aromatic carbocycles. The van der Waals surface area contributed by atoms with Gasteiger partial charge in [0, 0.05) is 4.88 Å². The van der Waals surface area contributed by atoms with Crippen molar-refractivity contribution in [1.82, 2.24) is 5.43 Å². The number of nitrogens with one attached hydrogen (secondary N) is 1. The fraction of sp³-hybridized carbons (Fsp3) is 0.333. The zero-order valence-electron chi connectivity index (χ0n) is 10.9. The summed E-state index contributed by atoms with van der Waals surface area (Å²) in [4.78, 5) is 1.36. The van der Waals surface area contributed by atoms with Crippen molar-refractivity contribution in [1.29, 1.82) is 0 Å². The first-order valence-electron chi connectivity index (χ1n) is 6.32. The van der Waals surface area contributed by atoms with E-state index >= 15 is 0 Å². The molecule has 0 saturated heterocycles. The molecule has 0 aliphatic rings. The van der Waals surface area contributed by atoms with Crippen LogP contribution >= 0.6 is 11.3 Å². The van der Waals surface area contributed by atoms with Crippen molar-refractivity contribution in [3.05, 3.63) is 57.3 Å². The molecule has 1 atom stereocenters. The lowest BCUT2D eigenvalue weighted by Crippen LogP contribution is -2.29. The van der Waals surface area contributed by atoms with Gasteiger partial charge in [-0.1, -0.05) is 36.8 Å². The Morgan fingerprint density at radius 3 is 2.56 bits per heavy atom. The smallest absolute Gasteiger partial charge is 0.0596 e. The van der Waals surface area contributed by atoms with E-state index < -0.39 is 0 Å². The van der Waals surface area contributed by atoms with Gasteiger partial charge in [0.05, 0.1) is 6.04 Å². The SMILES string of the molecule is CCc1ccsc1C(Cc1ccc(C)cc1)NN. The van der Waals surface area contributed by atoms with Crippen LogP contribution in [0, 0.1) is 6.92 Å². The normalized spacial score (nSPS) is 12.6. The third kappa shape index (κ3) is 2.99. The van der Waals surface area contributed by atoms with Crippen LogP contribution in [-0.4, -0.2) is 0 Å². The molecule has 1 aromatic heterocycles. The van der Waals surface area contributed by atoms with Crippen LogP contribution in [0.2, 0.25) is 0 Å². The largest absolute Gasteiger partial charge is 0.271 e. The Kier molecular flexibility index (Phi) is 4.53. The third-order valence-corrected chi connectivity index (χ3v) is 4.31. The van der Waals surface area contributed by atoms with E-state index in [9.17, 15) is 0 Å². The molecule has 18 heavy (non-hydrogen) atoms. The summed E-state index contributed by atoms with van der Waals surface area (Å²) >= 11 is 1.79. The zero-order chi connectivity index (χ0) is 13.0. The van der Waals surface area contributed by atoms with E-state index in [2.05, 4.69) is 55.0 Å². The molecule has 0 aliphatic heterocycles. The lowest BCUT2D eigenvalue weighted by atomic mass is 10.0. The number of thiophene rings is 1. The van der Waals surface area contributed by atoms with Gasteiger partial charge < -0.3 is 0 Å². The Labute approximate surface area is 113 Å². The second kappa shape index (κ2) is 6.14. The van der Waals surface area contributed by atoms with E-state index in [1.54, 1.807) is 11.3 Å². The van der Waals surface area contributed by atoms with Gasteiger partial charge in [0.15, 0.2) is 0 Å². The molecule has 1 heterocycles. The topological polar surface area (TPSA) is 38.0 Å². The van der Waals surface area contributed by atoms with Gasteiger partial charge in [0.1, 0.15) is 0 Å². The van der Waals surface area contributed by atoms with Crippen molar-refractivity contribution in [3.63, 3.8) is 0 Å². The monoisotopic (exact) mass is 260 g/mol. The van der Waals surface area contributed by atoms with Gasteiger partial charge in [-0.05, 0) is 42.3 Å². The second-order valence-corrected chi connectivity index (χ2v) is 5.52. The van der Waals surface area contributed by atoms with Gasteiger partial charge in [-0.2, -0.15) is 0 Å². The number of nitrogens with two attached hydrogens (primary N) is 1. The van der Waals surface area contributed by atoms with Crippen LogP contribution < -0.4 is 11.3 Å². The Hall–Kier alpha value is -1.16. The van der Waals surface area contributed by atoms with Gasteiger partial charge in [-0.3, -0.25) is 11.3 Å². The number of benzene rings is 1. The zero-order valence-corrected chi connectivity index (χ0v) is 11.8. The highest BCUT2D eigenvalue weighted by molar-refractivity contribution is 7.10. The first kappa shape index (κ1) is 13.3. The highest BCUT2D eigenvalue weighted by atomic mass is 32.1. The number of aryl methyl sites for hydroxylation is 2. The average molecular weight is 260 g/mol. The van der Waals surface area contributed by atoms with Crippen LogP contribution in [0.3, 0.4) is 0 Å². The highest BCUT2D eigenvalue weighted by Gasteiger charge is 2.15. The quantitative estimate of drug-likeness (QED) is 0.639. The fourth-order valence-electron chi connectivity index (χ4n) is 2.13. The molecule has 1 unspecified atom stereocenters. The van der Waals surface area contributed by atoms with Gasteiger partial charge in [0.2, 0.25) is 0 Å². The highest BCUT2D eigenvalue weighted by Crippen LogP contribution is 2.27. The first-order chi connectivity index (χ1) is 8.74. The number of hydrogen-bond donors (Lipinski definition) is 2. The molecule has 0 fully saturated rings. The summed E-state index contributed by atoms with van der Waals surface area (Å²) in [5.41, 5.74) is 6.96. The van der Waals surface area contributed by atoms with Crippen LogP contribution in [0.25, 0.3) is 0 Å². The molecule has 2 rings (SSSR count). The van der Waals surface area contributed by atoms with E-state index in [1.807, 2.05) is 0 Å². The third-order valence-electron chi connectivity index (χ3n) is 3.24. The summed E-state index contributed by atoms with van der Waals surface area (Å²) in [5, 5.41) is 2.15. The van der Waals surface area contributed by atoms with E-state index in [-0.39, 0.29) is 6.04 Å². The molecule has 0 saturated carbocycles. The molecule has 0 spiro atoms. The summed E-state index contributed by atoms with van der Waals surface area (Å²) in [7, 11) is 0. The summed E-state index contributed by atoms with van der Waals surface area (Å²) in [6.07, 6.45) is 2.00. The molecule has 96 valence electrons. The summed E-state index contributed by atoms with van der Waals surface area (Å²) in [5.74, 6) is 5.72. The van der Waals surface area contributed by atoms with Crippen LogP contribution in [0.4, 0.5) is 0 Å². The summed E-state index contributed by atoms with van der Waals surface area (Å²) < 4.78 is 0. The minimum Gasteiger partial charge on any atom is -0.271 e. The summed E-state index contributed by atoms with van der Waals surface area (Å²) in [6.45, 7) is 4.29. The lowest BCUT2D eigenvalue weighted by molar-refractivity contribution is 0.557. The molecule has 0 bridgehead atoms. The Bertz CT molecular complexity index is 487. The van der Waals surface area contributed by atoms with Crippen LogP contribution in [0.1, 0.15) is 34.5 Å². The molecular weight excluding hydrogens is 240 g/mol. The number of rotatable bonds is 5. The van der Waals surface area contributed by atoms with Crippen LogP contribution in [0.5, 0.6) is 0 Å². The maximum Gasteiger partial charge on any atom is 0.0596 e. The van der Waals surface area contributed by atoms with E-state index in [0.29, 0.717) is 0 Å². The summed E-state index contributed by atoms with van der Waals surface area (Å²) in [6, 6.07) is 11.1. The second-order valence-electron chi connectivity index (χ2n) is 4.57. The average Bonchev–Trinajstić information content (AvgIpc) is 2.86. The molecule has 0 aliphatic carbocycles. The van der Waals surface area contributed by atoms with Crippen molar-refractivity contribution < 1.29 is 0 Å². The molecule has 2 nitrogen and oxygen atoms in total. The minimum absolute atomic E-state index is 0.211. The molecule has 0 radical (unpaired) electrons. The van der Waals surface area contributed by atoms with Crippen molar-refractivity contribution in [2.75, 3.05) is 0 Å². The van der Waals surface area contributed by atoms with E-state index in [4.69, 9.17) is 5.84 Å². The number of hydrazine groups is 1. The van der Waals surface area contributed by atoms with Crippen molar-refractivity contribution in [2.24, 2.45) is 5.84 Å². The van der Waals surface area contributed by atoms with Gasteiger partial charge in [-0.25, -0.2) is 0 Å². The van der Waals surface area contributed by atoms with Gasteiger partial charge >= 0.3 is 0 Å². The lowest BCUT2D eigenvalue weighted by Gasteiger charge is -2.16. The molecule has 3 N–H and O–H groups in total. The van der Waals surface area contributed by atoms with Crippen LogP contribution in [-0.2, 0) is 12.8 Å². The fourth-order valence-corrected chi connectivity index (χ4v) is 3.19. The van der Waals surface area contributed by atoms with Crippen molar-refractivity contribution in [2.45, 2.75) is 32.7 Å². The first-order valence-corrected chi connectivity index (χ1v) is 7.20. The maximum absolute atomic E-state index is 5.72. The number of hydrogen-bond acceptors (Lipinski definition) is 3. The standard InChI is InChI=1S/C15H20N2S/c1-3-13-8-9-18-15(13)14(17-16)10-12-6-4-11(2)5-7-12/h4-9,14,17H,3,10,16H2,1-2H3. The van der Waals surface area contributed by atoms with E-state index in [1.165, 1.54) is 21.6 Å². The Morgan fingerprint density at radius 1 is 1.22 bits per heavy atom. The van der Waals surface area contributed by atoms with Gasteiger partial charge in [-0.15, -0.1) is 11.3 Å². The predicted octanol–water partition coefficient (Wildman–Crippen LogP) is 3.37. The van der Waals surface area contributed by atoms with Crippen LogP contribution in [0.15, 0.2) is 35.7 Å². The van der Waals surface area contributed by atoms with Crippen molar-refractivity contribution in [3.8, 4) is 0 Å². The molecule has 2 aromatic rings. The van der Waals surface area contributed by atoms with Crippen molar-refractivity contribution >= 4 is 11.3 Å². The molecule has 3 heteroatoms. The predicted molar refractivity (Wildman–Crippen MR) is 78.6 cm³/mol. The Balaban J connectivity index is 2.17. The maximum atomic E-state index is 5.72. The molecule has 0 amide bonds. The van der Waals surface area contributed by atoms with Gasteiger partial charge in [0.25, 0.3) is 0 Å². The van der Waals surface area contributed by atoms with E-state index in [0.717, 1.165) is 12.8 Å².